The molecule has 0 aromatic carbocycles. The van der Waals surface area contributed by atoms with E-state index in [4.69, 9.17) is 0 Å². The molecule has 1 aromatic heterocycles. The topological polar surface area (TPSA) is 59.0 Å². The summed E-state index contributed by atoms with van der Waals surface area (Å²) < 4.78 is 1.85. The van der Waals surface area contributed by atoms with Gasteiger partial charge in [0.15, 0.2) is 0 Å². The Morgan fingerprint density at radius 3 is 3.05 bits per heavy atom. The van der Waals surface area contributed by atoms with Gasteiger partial charge in [-0.2, -0.15) is 5.10 Å². The van der Waals surface area contributed by atoms with Gasteiger partial charge in [-0.3, -0.25) is 9.48 Å². The molecule has 2 unspecified atom stereocenters. The maximum absolute atomic E-state index is 12.5. The van der Waals surface area contributed by atoms with Crippen molar-refractivity contribution in [1.82, 2.24) is 20.4 Å². The van der Waals surface area contributed by atoms with Crippen LogP contribution in [0.1, 0.15) is 33.1 Å². The minimum atomic E-state index is -0.226. The average Bonchev–Trinajstić information content (AvgIpc) is 2.92. The van der Waals surface area contributed by atoms with Crippen molar-refractivity contribution in [3.8, 4) is 0 Å². The normalized spacial score (nSPS) is 24.9. The van der Waals surface area contributed by atoms with Gasteiger partial charge < -0.3 is 10.6 Å². The van der Waals surface area contributed by atoms with Gasteiger partial charge in [-0.15, -0.1) is 0 Å². The molecule has 1 saturated heterocycles. The van der Waals surface area contributed by atoms with Crippen molar-refractivity contribution in [2.75, 3.05) is 13.1 Å². The maximum atomic E-state index is 12.5. The van der Waals surface area contributed by atoms with Crippen molar-refractivity contribution in [3.63, 3.8) is 0 Å². The standard InChI is InChI=1S/C14H24N4O/c1-3-14(6-4-7-15-11-14)13(19)17-12(2)10-18-9-5-8-16-18/h5,8-9,12,15H,3-4,6-7,10-11H2,1-2H3,(H,17,19). The van der Waals surface area contributed by atoms with Crippen LogP contribution in [0.4, 0.5) is 0 Å². The molecule has 1 aliphatic heterocycles. The van der Waals surface area contributed by atoms with Gasteiger partial charge in [-0.1, -0.05) is 6.92 Å². The molecule has 1 fully saturated rings. The predicted molar refractivity (Wildman–Crippen MR) is 74.7 cm³/mol. The van der Waals surface area contributed by atoms with Crippen LogP contribution in [-0.4, -0.2) is 34.8 Å². The highest BCUT2D eigenvalue weighted by molar-refractivity contribution is 5.83. The van der Waals surface area contributed by atoms with Crippen LogP contribution in [0.15, 0.2) is 18.5 Å². The summed E-state index contributed by atoms with van der Waals surface area (Å²) in [5, 5.41) is 10.7. The Balaban J connectivity index is 1.91. The fraction of sp³-hybridized carbons (Fsp3) is 0.714. The van der Waals surface area contributed by atoms with Gasteiger partial charge in [0.2, 0.25) is 5.91 Å². The SMILES string of the molecule is CCC1(C(=O)NC(C)Cn2cccn2)CCCNC1. The van der Waals surface area contributed by atoms with E-state index >= 15 is 0 Å². The Morgan fingerprint density at radius 1 is 1.63 bits per heavy atom. The molecule has 2 atom stereocenters. The quantitative estimate of drug-likeness (QED) is 0.839. The zero-order valence-electron chi connectivity index (χ0n) is 11.9. The molecule has 1 aliphatic rings. The summed E-state index contributed by atoms with van der Waals surface area (Å²) in [7, 11) is 0. The second-order valence-electron chi connectivity index (χ2n) is 5.52. The van der Waals surface area contributed by atoms with Gasteiger partial charge in [0.1, 0.15) is 0 Å². The van der Waals surface area contributed by atoms with Crippen LogP contribution < -0.4 is 10.6 Å². The van der Waals surface area contributed by atoms with E-state index in [1.807, 2.05) is 23.9 Å². The molecule has 5 heteroatoms. The smallest absolute Gasteiger partial charge is 0.227 e. The fourth-order valence-corrected chi connectivity index (χ4v) is 2.74. The first-order valence-electron chi connectivity index (χ1n) is 7.15. The number of amides is 1. The van der Waals surface area contributed by atoms with Gasteiger partial charge in [0, 0.05) is 25.0 Å². The fourth-order valence-electron chi connectivity index (χ4n) is 2.74. The monoisotopic (exact) mass is 264 g/mol. The average molecular weight is 264 g/mol. The number of hydrogen-bond acceptors (Lipinski definition) is 3. The van der Waals surface area contributed by atoms with E-state index in [-0.39, 0.29) is 17.4 Å². The molecular weight excluding hydrogens is 240 g/mol. The molecule has 0 radical (unpaired) electrons. The Kier molecular flexibility index (Phi) is 4.58. The number of carbonyl (C=O) groups is 1. The molecule has 2 heterocycles. The Bertz CT molecular complexity index is 396. The van der Waals surface area contributed by atoms with Gasteiger partial charge in [-0.05, 0) is 38.8 Å². The number of aromatic nitrogens is 2. The highest BCUT2D eigenvalue weighted by atomic mass is 16.2. The van der Waals surface area contributed by atoms with Crippen molar-refractivity contribution >= 4 is 5.91 Å². The number of piperidine rings is 1. The van der Waals surface area contributed by atoms with Gasteiger partial charge in [0.05, 0.1) is 12.0 Å². The molecule has 0 aliphatic carbocycles. The Morgan fingerprint density at radius 2 is 2.47 bits per heavy atom. The number of carbonyl (C=O) groups excluding carboxylic acids is 1. The van der Waals surface area contributed by atoms with Crippen molar-refractivity contribution in [1.29, 1.82) is 0 Å². The molecular formula is C14H24N4O. The summed E-state index contributed by atoms with van der Waals surface area (Å²) in [5.41, 5.74) is -0.226. The third-order valence-electron chi connectivity index (χ3n) is 4.03. The van der Waals surface area contributed by atoms with E-state index in [9.17, 15) is 4.79 Å². The van der Waals surface area contributed by atoms with Crippen LogP contribution >= 0.6 is 0 Å². The lowest BCUT2D eigenvalue weighted by molar-refractivity contribution is -0.133. The third kappa shape index (κ3) is 3.35. The summed E-state index contributed by atoms with van der Waals surface area (Å²) in [6.07, 6.45) is 6.62. The second-order valence-corrected chi connectivity index (χ2v) is 5.52. The highest BCUT2D eigenvalue weighted by Gasteiger charge is 2.38. The molecule has 0 saturated carbocycles. The van der Waals surface area contributed by atoms with Crippen LogP contribution in [0.5, 0.6) is 0 Å². The minimum absolute atomic E-state index is 0.0951. The molecule has 2 N–H and O–H groups in total. The first kappa shape index (κ1) is 14.1. The highest BCUT2D eigenvalue weighted by Crippen LogP contribution is 2.30. The molecule has 5 nitrogen and oxygen atoms in total. The molecule has 1 aromatic rings. The number of nitrogens with one attached hydrogen (secondary N) is 2. The van der Waals surface area contributed by atoms with Crippen LogP contribution in [0.25, 0.3) is 0 Å². The number of nitrogens with zero attached hydrogens (tertiary/aromatic N) is 2. The lowest BCUT2D eigenvalue weighted by atomic mass is 9.77. The van der Waals surface area contributed by atoms with E-state index in [0.717, 1.165) is 32.4 Å². The minimum Gasteiger partial charge on any atom is -0.351 e. The Labute approximate surface area is 114 Å². The number of rotatable bonds is 5. The zero-order chi connectivity index (χ0) is 13.7. The molecule has 19 heavy (non-hydrogen) atoms. The van der Waals surface area contributed by atoms with Crippen molar-refractivity contribution < 1.29 is 4.79 Å². The van der Waals surface area contributed by atoms with Crippen LogP contribution in [-0.2, 0) is 11.3 Å². The summed E-state index contributed by atoms with van der Waals surface area (Å²) in [4.78, 5) is 12.5. The third-order valence-corrected chi connectivity index (χ3v) is 4.03. The molecule has 1 amide bonds. The van der Waals surface area contributed by atoms with E-state index < -0.39 is 0 Å². The first-order chi connectivity index (χ1) is 9.16. The first-order valence-corrected chi connectivity index (χ1v) is 7.15. The lowest BCUT2D eigenvalue weighted by Gasteiger charge is -2.36. The maximum Gasteiger partial charge on any atom is 0.227 e. The van der Waals surface area contributed by atoms with Crippen LogP contribution in [0.3, 0.4) is 0 Å². The van der Waals surface area contributed by atoms with Crippen molar-refractivity contribution in [2.45, 2.75) is 45.7 Å². The summed E-state index contributed by atoms with van der Waals surface area (Å²) in [5.74, 6) is 0.182. The van der Waals surface area contributed by atoms with E-state index in [2.05, 4.69) is 22.7 Å². The second kappa shape index (κ2) is 6.19. The zero-order valence-corrected chi connectivity index (χ0v) is 11.9. The summed E-state index contributed by atoms with van der Waals surface area (Å²) >= 11 is 0. The van der Waals surface area contributed by atoms with Crippen molar-refractivity contribution in [3.05, 3.63) is 18.5 Å². The van der Waals surface area contributed by atoms with E-state index in [1.54, 1.807) is 6.20 Å². The van der Waals surface area contributed by atoms with Crippen LogP contribution in [0.2, 0.25) is 0 Å². The predicted octanol–water partition coefficient (Wildman–Crippen LogP) is 1.17. The molecule has 106 valence electrons. The summed E-state index contributed by atoms with van der Waals surface area (Å²) in [6, 6.07) is 1.99. The molecule has 0 spiro atoms. The van der Waals surface area contributed by atoms with E-state index in [0.29, 0.717) is 6.54 Å². The van der Waals surface area contributed by atoms with E-state index in [1.165, 1.54) is 0 Å². The van der Waals surface area contributed by atoms with Crippen LogP contribution in [0, 0.1) is 5.41 Å². The van der Waals surface area contributed by atoms with Crippen molar-refractivity contribution in [2.24, 2.45) is 5.41 Å². The largest absolute Gasteiger partial charge is 0.351 e. The Hall–Kier alpha value is -1.36. The van der Waals surface area contributed by atoms with Gasteiger partial charge in [0.25, 0.3) is 0 Å². The van der Waals surface area contributed by atoms with Gasteiger partial charge in [-0.25, -0.2) is 0 Å². The molecule has 0 bridgehead atoms. The summed E-state index contributed by atoms with van der Waals surface area (Å²) in [6.45, 7) is 6.66. The molecule has 2 rings (SSSR count). The lowest BCUT2D eigenvalue weighted by Crippen LogP contribution is -2.52. The van der Waals surface area contributed by atoms with Gasteiger partial charge >= 0.3 is 0 Å². The number of hydrogen-bond donors (Lipinski definition) is 2.